The summed E-state index contributed by atoms with van der Waals surface area (Å²) < 4.78 is 32.5. The second kappa shape index (κ2) is 7.50. The first kappa shape index (κ1) is 18.3. The summed E-state index contributed by atoms with van der Waals surface area (Å²) in [4.78, 5) is 12.6. The van der Waals surface area contributed by atoms with Crippen LogP contribution in [0.5, 0.6) is 34.5 Å². The summed E-state index contributed by atoms with van der Waals surface area (Å²) >= 11 is 0. The minimum atomic E-state index is -0.644. The van der Waals surface area contributed by atoms with Crippen molar-refractivity contribution >= 4 is 5.97 Å². The van der Waals surface area contributed by atoms with Gasteiger partial charge in [-0.1, -0.05) is 0 Å². The molecule has 7 heteroatoms. The number of ether oxygens (including phenoxy) is 6. The Labute approximate surface area is 163 Å². The molecule has 0 atom stereocenters. The fourth-order valence-corrected chi connectivity index (χ4v) is 2.96. The molecule has 0 radical (unpaired) electrons. The van der Waals surface area contributed by atoms with Crippen molar-refractivity contribution in [3.05, 3.63) is 36.4 Å². The second-order valence-corrected chi connectivity index (χ2v) is 7.26. The van der Waals surface area contributed by atoms with Gasteiger partial charge >= 0.3 is 5.97 Å². The number of rotatable bonds is 7. The molecule has 28 heavy (non-hydrogen) atoms. The van der Waals surface area contributed by atoms with Crippen molar-refractivity contribution in [3.8, 4) is 34.5 Å². The summed E-state index contributed by atoms with van der Waals surface area (Å²) in [5.41, 5.74) is -0.644. The third kappa shape index (κ3) is 3.93. The van der Waals surface area contributed by atoms with Crippen molar-refractivity contribution in [1.82, 2.24) is 0 Å². The summed E-state index contributed by atoms with van der Waals surface area (Å²) in [6, 6.07) is 10.6. The van der Waals surface area contributed by atoms with E-state index in [1.165, 1.54) is 0 Å². The van der Waals surface area contributed by atoms with Gasteiger partial charge in [-0.05, 0) is 51.0 Å². The number of carbonyl (C=O) groups excluding carboxylic acids is 1. The van der Waals surface area contributed by atoms with Crippen LogP contribution in [0.2, 0.25) is 0 Å². The lowest BCUT2D eigenvalue weighted by atomic mass is 9.88. The first-order valence-electron chi connectivity index (χ1n) is 9.16. The lowest BCUT2D eigenvalue weighted by Crippen LogP contribution is -2.29. The molecule has 148 valence electrons. The van der Waals surface area contributed by atoms with Gasteiger partial charge in [0.1, 0.15) is 11.5 Å². The Morgan fingerprint density at radius 3 is 2.14 bits per heavy atom. The summed E-state index contributed by atoms with van der Waals surface area (Å²) in [6.45, 7) is 4.63. The van der Waals surface area contributed by atoms with Crippen LogP contribution in [0.4, 0.5) is 0 Å². The Kier molecular flexibility index (Phi) is 4.90. The smallest absolute Gasteiger partial charge is 0.316 e. The number of carbonyl (C=O) groups is 1. The number of hydrogen-bond donors (Lipinski definition) is 0. The fraction of sp³-hybridized carbons (Fsp3) is 0.381. The Morgan fingerprint density at radius 1 is 0.893 bits per heavy atom. The van der Waals surface area contributed by atoms with Gasteiger partial charge in [0, 0.05) is 12.1 Å². The molecule has 2 aromatic carbocycles. The zero-order valence-electron chi connectivity index (χ0n) is 15.9. The molecule has 0 saturated heterocycles. The van der Waals surface area contributed by atoms with Crippen molar-refractivity contribution in [1.29, 1.82) is 0 Å². The molecule has 2 aromatic rings. The minimum Gasteiger partial charge on any atom is -0.493 e. The quantitative estimate of drug-likeness (QED) is 0.405. The topological polar surface area (TPSA) is 72.5 Å². The molecule has 2 aliphatic rings. The molecule has 0 aromatic heterocycles. The first-order chi connectivity index (χ1) is 13.5. The van der Waals surface area contributed by atoms with Gasteiger partial charge in [-0.2, -0.15) is 0 Å². The van der Waals surface area contributed by atoms with Crippen molar-refractivity contribution in [2.45, 2.75) is 26.7 Å². The average molecular weight is 386 g/mol. The maximum atomic E-state index is 12.6. The van der Waals surface area contributed by atoms with Gasteiger partial charge in [-0.3, -0.25) is 4.79 Å². The lowest BCUT2D eigenvalue weighted by Gasteiger charge is -2.22. The Bertz CT molecular complexity index is 875. The van der Waals surface area contributed by atoms with Gasteiger partial charge in [-0.25, -0.2) is 0 Å². The van der Waals surface area contributed by atoms with Crippen LogP contribution < -0.4 is 28.4 Å². The number of fused-ring (bicyclic) bond motifs is 2. The van der Waals surface area contributed by atoms with Gasteiger partial charge < -0.3 is 28.4 Å². The zero-order valence-corrected chi connectivity index (χ0v) is 15.9. The van der Waals surface area contributed by atoms with Crippen molar-refractivity contribution < 1.29 is 33.2 Å². The third-order valence-corrected chi connectivity index (χ3v) is 4.67. The lowest BCUT2D eigenvalue weighted by molar-refractivity contribution is -0.144. The standard InChI is InChI=1S/C21H22O7/c1-21(2,20(22)28-15-5-7-17-19(11-15)27-13-25-17)8-3-9-23-14-4-6-16-18(10-14)26-12-24-16/h4-7,10-11H,3,8-9,12-13H2,1-2H3. The van der Waals surface area contributed by atoms with E-state index in [2.05, 4.69) is 0 Å². The molecule has 0 N–H and O–H groups in total. The molecule has 0 amide bonds. The van der Waals surface area contributed by atoms with E-state index < -0.39 is 5.41 Å². The number of benzene rings is 2. The van der Waals surface area contributed by atoms with Gasteiger partial charge in [0.15, 0.2) is 23.0 Å². The average Bonchev–Trinajstić information content (AvgIpc) is 3.33. The monoisotopic (exact) mass is 386 g/mol. The molecule has 4 rings (SSSR count). The Morgan fingerprint density at radius 2 is 1.46 bits per heavy atom. The predicted molar refractivity (Wildman–Crippen MR) is 99.3 cm³/mol. The van der Waals surface area contributed by atoms with Crippen LogP contribution in [-0.2, 0) is 4.79 Å². The molecule has 0 bridgehead atoms. The summed E-state index contributed by atoms with van der Waals surface area (Å²) in [5, 5.41) is 0. The molecule has 0 saturated carbocycles. The van der Waals surface area contributed by atoms with E-state index in [0.29, 0.717) is 48.2 Å². The van der Waals surface area contributed by atoms with Crippen LogP contribution in [-0.4, -0.2) is 26.2 Å². The molecule has 0 aliphatic carbocycles. The molecule has 2 aliphatic heterocycles. The SMILES string of the molecule is CC(C)(CCCOc1ccc2c(c1)OCO2)C(=O)Oc1ccc2c(c1)OCO2. The van der Waals surface area contributed by atoms with Gasteiger partial charge in [-0.15, -0.1) is 0 Å². The first-order valence-corrected chi connectivity index (χ1v) is 9.16. The molecule has 0 unspecified atom stereocenters. The zero-order chi connectivity index (χ0) is 19.6. The summed E-state index contributed by atoms with van der Waals surface area (Å²) in [7, 11) is 0. The van der Waals surface area contributed by atoms with Crippen molar-refractivity contribution in [3.63, 3.8) is 0 Å². The largest absolute Gasteiger partial charge is 0.493 e. The van der Waals surface area contributed by atoms with E-state index in [4.69, 9.17) is 28.4 Å². The van der Waals surface area contributed by atoms with Crippen LogP contribution in [0, 0.1) is 5.41 Å². The van der Waals surface area contributed by atoms with Gasteiger partial charge in [0.2, 0.25) is 13.6 Å². The molecule has 2 heterocycles. The maximum Gasteiger partial charge on any atom is 0.316 e. The van der Waals surface area contributed by atoms with Crippen LogP contribution in [0.25, 0.3) is 0 Å². The van der Waals surface area contributed by atoms with Crippen LogP contribution in [0.1, 0.15) is 26.7 Å². The predicted octanol–water partition coefficient (Wildman–Crippen LogP) is 3.93. The highest BCUT2D eigenvalue weighted by molar-refractivity contribution is 5.78. The van der Waals surface area contributed by atoms with Crippen LogP contribution in [0.15, 0.2) is 36.4 Å². The van der Waals surface area contributed by atoms with Crippen molar-refractivity contribution in [2.75, 3.05) is 20.2 Å². The van der Waals surface area contributed by atoms with E-state index in [1.54, 1.807) is 24.3 Å². The van der Waals surface area contributed by atoms with Crippen LogP contribution >= 0.6 is 0 Å². The van der Waals surface area contributed by atoms with Crippen LogP contribution in [0.3, 0.4) is 0 Å². The highest BCUT2D eigenvalue weighted by Gasteiger charge is 2.30. The number of hydrogen-bond acceptors (Lipinski definition) is 7. The Hall–Kier alpha value is -3.09. The van der Waals surface area contributed by atoms with E-state index in [-0.39, 0.29) is 19.6 Å². The van der Waals surface area contributed by atoms with E-state index in [9.17, 15) is 4.79 Å². The molecular formula is C21H22O7. The van der Waals surface area contributed by atoms with Crippen molar-refractivity contribution in [2.24, 2.45) is 5.41 Å². The Balaban J connectivity index is 1.26. The maximum absolute atomic E-state index is 12.6. The molecule has 0 spiro atoms. The minimum absolute atomic E-state index is 0.182. The van der Waals surface area contributed by atoms with Gasteiger partial charge in [0.05, 0.1) is 12.0 Å². The molecule has 7 nitrogen and oxygen atoms in total. The van der Waals surface area contributed by atoms with E-state index in [0.717, 1.165) is 5.75 Å². The summed E-state index contributed by atoms with van der Waals surface area (Å²) in [6.07, 6.45) is 1.33. The highest BCUT2D eigenvalue weighted by Crippen LogP contribution is 2.37. The third-order valence-electron chi connectivity index (χ3n) is 4.67. The number of esters is 1. The molecule has 0 fully saturated rings. The fourth-order valence-electron chi connectivity index (χ4n) is 2.96. The molecular weight excluding hydrogens is 364 g/mol. The summed E-state index contributed by atoms with van der Waals surface area (Å²) in [5.74, 6) is 3.50. The highest BCUT2D eigenvalue weighted by atomic mass is 16.7. The second-order valence-electron chi connectivity index (χ2n) is 7.26. The van der Waals surface area contributed by atoms with Gasteiger partial charge in [0.25, 0.3) is 0 Å². The normalized spacial score (nSPS) is 14.1. The van der Waals surface area contributed by atoms with E-state index in [1.807, 2.05) is 26.0 Å². The van der Waals surface area contributed by atoms with E-state index >= 15 is 0 Å².